The summed E-state index contributed by atoms with van der Waals surface area (Å²) >= 11 is 11.6. The van der Waals surface area contributed by atoms with E-state index in [0.717, 1.165) is 12.1 Å². The molecule has 1 heterocycles. The van der Waals surface area contributed by atoms with Crippen molar-refractivity contribution in [2.24, 2.45) is 5.73 Å². The predicted molar refractivity (Wildman–Crippen MR) is 71.2 cm³/mol. The zero-order chi connectivity index (χ0) is 15.1. The van der Waals surface area contributed by atoms with E-state index in [-0.39, 0.29) is 26.5 Å². The first-order valence-corrected chi connectivity index (χ1v) is 7.19. The maximum atomic E-state index is 12.2. The molecule has 106 valence electrons. The molecule has 5 N–H and O–H groups in total. The number of amides is 1. The molecule has 0 bridgehead atoms. The zero-order valence-corrected chi connectivity index (χ0v) is 11.9. The summed E-state index contributed by atoms with van der Waals surface area (Å²) in [5.74, 6) is -1.03. The first-order valence-electron chi connectivity index (χ1n) is 4.95. The molecule has 1 aromatic carbocycles. The highest BCUT2D eigenvalue weighted by atomic mass is 35.5. The molecule has 2 aromatic rings. The minimum atomic E-state index is -4.06. The van der Waals surface area contributed by atoms with Crippen LogP contribution >= 0.6 is 23.2 Å². The summed E-state index contributed by atoms with van der Waals surface area (Å²) in [4.78, 5) is 14.4. The summed E-state index contributed by atoms with van der Waals surface area (Å²) in [5, 5.41) is 4.75. The van der Waals surface area contributed by atoms with Gasteiger partial charge in [0.15, 0.2) is 0 Å². The van der Waals surface area contributed by atoms with Crippen molar-refractivity contribution in [2.75, 3.05) is 5.73 Å². The van der Waals surface area contributed by atoms with Crippen LogP contribution in [0.25, 0.3) is 0 Å². The number of nitrogens with one attached hydrogen (secondary N) is 1. The Hall–Kier alpha value is -1.84. The SMILES string of the molecule is NC(=O)c1c(Cl)cc(S(=O)(=O)c2n[nH]c(N)n2)cc1Cl. The average Bonchev–Trinajstić information content (AvgIpc) is 2.75. The van der Waals surface area contributed by atoms with Crippen LogP contribution < -0.4 is 11.5 Å². The van der Waals surface area contributed by atoms with Crippen molar-refractivity contribution in [1.29, 1.82) is 0 Å². The van der Waals surface area contributed by atoms with Crippen LogP contribution in [-0.2, 0) is 9.84 Å². The van der Waals surface area contributed by atoms with Gasteiger partial charge in [0.2, 0.25) is 15.8 Å². The van der Waals surface area contributed by atoms with Crippen molar-refractivity contribution in [3.05, 3.63) is 27.7 Å². The molecular weight excluding hydrogens is 329 g/mol. The number of hydrogen-bond donors (Lipinski definition) is 3. The number of hydrogen-bond acceptors (Lipinski definition) is 6. The number of carbonyl (C=O) groups excluding carboxylic acids is 1. The Morgan fingerprint density at radius 1 is 1.25 bits per heavy atom. The summed E-state index contributed by atoms with van der Waals surface area (Å²) in [6.07, 6.45) is 0. The van der Waals surface area contributed by atoms with E-state index in [0.29, 0.717) is 0 Å². The van der Waals surface area contributed by atoms with Crippen LogP contribution in [0.3, 0.4) is 0 Å². The molecule has 0 spiro atoms. The lowest BCUT2D eigenvalue weighted by atomic mass is 10.2. The lowest BCUT2D eigenvalue weighted by Crippen LogP contribution is -2.13. The first kappa shape index (κ1) is 14.6. The minimum Gasteiger partial charge on any atom is -0.368 e. The number of nitrogen functional groups attached to an aromatic ring is 1. The number of nitrogens with two attached hydrogens (primary N) is 2. The van der Waals surface area contributed by atoms with E-state index in [1.165, 1.54) is 0 Å². The van der Waals surface area contributed by atoms with Crippen LogP contribution in [0.2, 0.25) is 10.0 Å². The number of sulfone groups is 1. The van der Waals surface area contributed by atoms with Gasteiger partial charge in [-0.05, 0) is 12.1 Å². The van der Waals surface area contributed by atoms with Crippen LogP contribution in [0.4, 0.5) is 5.95 Å². The highest BCUT2D eigenvalue weighted by Crippen LogP contribution is 2.30. The summed E-state index contributed by atoms with van der Waals surface area (Å²) in [6.45, 7) is 0. The van der Waals surface area contributed by atoms with Gasteiger partial charge in [-0.2, -0.15) is 4.98 Å². The van der Waals surface area contributed by atoms with Crippen molar-refractivity contribution < 1.29 is 13.2 Å². The Labute approximate surface area is 123 Å². The van der Waals surface area contributed by atoms with Crippen LogP contribution in [0.1, 0.15) is 10.4 Å². The van der Waals surface area contributed by atoms with Gasteiger partial charge in [0.1, 0.15) is 0 Å². The molecule has 2 rings (SSSR count). The van der Waals surface area contributed by atoms with Crippen molar-refractivity contribution in [3.63, 3.8) is 0 Å². The first-order chi connectivity index (χ1) is 9.23. The molecule has 1 aromatic heterocycles. The number of H-pyrrole nitrogens is 1. The number of primary amides is 1. The number of aromatic amines is 1. The highest BCUT2D eigenvalue weighted by molar-refractivity contribution is 7.91. The number of aromatic nitrogens is 3. The molecule has 1 amide bonds. The molecule has 8 nitrogen and oxygen atoms in total. The monoisotopic (exact) mass is 335 g/mol. The Balaban J connectivity index is 2.62. The number of rotatable bonds is 3. The lowest BCUT2D eigenvalue weighted by Gasteiger charge is -2.06. The van der Waals surface area contributed by atoms with E-state index in [2.05, 4.69) is 15.2 Å². The average molecular weight is 336 g/mol. The second-order valence-corrected chi connectivity index (χ2v) is 6.29. The van der Waals surface area contributed by atoms with Crippen LogP contribution in [0.15, 0.2) is 22.2 Å². The van der Waals surface area contributed by atoms with Crippen molar-refractivity contribution in [2.45, 2.75) is 10.1 Å². The Kier molecular flexibility index (Phi) is 3.59. The molecule has 0 saturated heterocycles. The number of halogens is 2. The quantitative estimate of drug-likeness (QED) is 0.749. The molecule has 0 radical (unpaired) electrons. The fourth-order valence-electron chi connectivity index (χ4n) is 1.42. The van der Waals surface area contributed by atoms with Gasteiger partial charge < -0.3 is 11.5 Å². The summed E-state index contributed by atoms with van der Waals surface area (Å²) in [7, 11) is -4.06. The fraction of sp³-hybridized carbons (Fsp3) is 0. The largest absolute Gasteiger partial charge is 0.368 e. The number of carbonyl (C=O) groups is 1. The lowest BCUT2D eigenvalue weighted by molar-refractivity contribution is 0.100. The predicted octanol–water partition coefficient (Wildman–Crippen LogP) is 0.625. The van der Waals surface area contributed by atoms with E-state index < -0.39 is 20.9 Å². The molecule has 0 unspecified atom stereocenters. The Morgan fingerprint density at radius 3 is 2.20 bits per heavy atom. The number of benzene rings is 1. The van der Waals surface area contributed by atoms with E-state index in [1.54, 1.807) is 0 Å². The number of anilines is 1. The van der Waals surface area contributed by atoms with E-state index >= 15 is 0 Å². The summed E-state index contributed by atoms with van der Waals surface area (Å²) in [5.41, 5.74) is 10.2. The Morgan fingerprint density at radius 2 is 1.80 bits per heavy atom. The normalized spacial score (nSPS) is 11.5. The summed E-state index contributed by atoms with van der Waals surface area (Å²) in [6, 6.07) is 2.07. The van der Waals surface area contributed by atoms with Crippen LogP contribution in [-0.4, -0.2) is 29.5 Å². The van der Waals surface area contributed by atoms with Crippen molar-refractivity contribution >= 4 is 44.9 Å². The van der Waals surface area contributed by atoms with E-state index in [4.69, 9.17) is 34.7 Å². The van der Waals surface area contributed by atoms with Crippen molar-refractivity contribution in [1.82, 2.24) is 15.2 Å². The zero-order valence-electron chi connectivity index (χ0n) is 9.59. The van der Waals surface area contributed by atoms with Gasteiger partial charge in [0.05, 0.1) is 20.5 Å². The molecule has 0 aliphatic heterocycles. The fourth-order valence-corrected chi connectivity index (χ4v) is 3.37. The minimum absolute atomic E-state index is 0.158. The molecule has 0 aliphatic carbocycles. The molecule has 0 atom stereocenters. The third kappa shape index (κ3) is 2.42. The van der Waals surface area contributed by atoms with Crippen LogP contribution in [0.5, 0.6) is 0 Å². The summed E-state index contributed by atoms with van der Waals surface area (Å²) < 4.78 is 24.4. The Bertz CT molecular complexity index is 779. The van der Waals surface area contributed by atoms with Gasteiger partial charge in [-0.1, -0.05) is 23.2 Å². The van der Waals surface area contributed by atoms with E-state index in [9.17, 15) is 13.2 Å². The number of nitrogens with zero attached hydrogens (tertiary/aromatic N) is 2. The third-order valence-electron chi connectivity index (χ3n) is 2.29. The van der Waals surface area contributed by atoms with Gasteiger partial charge in [-0.15, -0.1) is 5.10 Å². The highest BCUT2D eigenvalue weighted by Gasteiger charge is 2.25. The second kappa shape index (κ2) is 4.93. The third-order valence-corrected chi connectivity index (χ3v) is 4.41. The maximum absolute atomic E-state index is 12.2. The molecular formula is C9H7Cl2N5O3S. The van der Waals surface area contributed by atoms with Crippen LogP contribution in [0, 0.1) is 0 Å². The van der Waals surface area contributed by atoms with Gasteiger partial charge in [-0.3, -0.25) is 4.79 Å². The standard InChI is InChI=1S/C9H7Cl2N5O3S/c10-4-1-3(2-5(11)6(4)7(12)17)20(18,19)9-14-8(13)15-16-9/h1-2H,(H2,12,17)(H3,13,14,15,16). The van der Waals surface area contributed by atoms with Gasteiger partial charge >= 0.3 is 0 Å². The van der Waals surface area contributed by atoms with Gasteiger partial charge in [0.25, 0.3) is 11.1 Å². The van der Waals surface area contributed by atoms with Crippen molar-refractivity contribution in [3.8, 4) is 0 Å². The van der Waals surface area contributed by atoms with E-state index in [1.807, 2.05) is 0 Å². The maximum Gasteiger partial charge on any atom is 0.273 e. The topological polar surface area (TPSA) is 145 Å². The van der Waals surface area contributed by atoms with Gasteiger partial charge in [0, 0.05) is 0 Å². The van der Waals surface area contributed by atoms with Gasteiger partial charge in [-0.25, -0.2) is 13.5 Å². The molecule has 0 saturated carbocycles. The second-order valence-electron chi connectivity index (χ2n) is 3.63. The molecule has 11 heteroatoms. The molecule has 20 heavy (non-hydrogen) atoms. The smallest absolute Gasteiger partial charge is 0.273 e. The molecule has 0 aliphatic rings. The molecule has 0 fully saturated rings.